The summed E-state index contributed by atoms with van der Waals surface area (Å²) in [6.45, 7) is 5.35. The average Bonchev–Trinajstić information content (AvgIpc) is 2.38. The van der Waals surface area contributed by atoms with E-state index in [-0.39, 0.29) is 0 Å². The first-order valence-electron chi connectivity index (χ1n) is 4.07. The molecule has 1 fully saturated rings. The van der Waals surface area contributed by atoms with Crippen molar-refractivity contribution in [2.75, 3.05) is 26.8 Å². The van der Waals surface area contributed by atoms with E-state index in [0.717, 1.165) is 31.6 Å². The zero-order chi connectivity index (χ0) is 7.40. The van der Waals surface area contributed by atoms with Crippen molar-refractivity contribution >= 4 is 0 Å². The van der Waals surface area contributed by atoms with E-state index in [4.69, 9.17) is 4.74 Å². The largest absolute Gasteiger partial charge is 0.381 e. The van der Waals surface area contributed by atoms with E-state index in [0.29, 0.717) is 0 Å². The molecular formula is C8H17NO. The molecule has 0 bridgehead atoms. The van der Waals surface area contributed by atoms with E-state index >= 15 is 0 Å². The molecule has 1 rings (SSSR count). The van der Waals surface area contributed by atoms with Crippen LogP contribution in [0.25, 0.3) is 0 Å². The molecule has 2 atom stereocenters. The maximum absolute atomic E-state index is 5.30. The minimum absolute atomic E-state index is 0.771. The number of ether oxygens (including phenoxy) is 1. The molecule has 0 aromatic rings. The van der Waals surface area contributed by atoms with Crippen LogP contribution >= 0.6 is 0 Å². The fourth-order valence-electron chi connectivity index (χ4n) is 1.49. The summed E-state index contributed by atoms with van der Waals surface area (Å²) >= 11 is 0. The maximum Gasteiger partial charge on any atom is 0.0498 e. The summed E-state index contributed by atoms with van der Waals surface area (Å²) in [5.41, 5.74) is 0. The lowest BCUT2D eigenvalue weighted by Crippen LogP contribution is -2.23. The number of nitrogens with one attached hydrogen (secondary N) is 1. The predicted octanol–water partition coefficient (Wildman–Crippen LogP) is 0.878. The maximum atomic E-state index is 5.30. The highest BCUT2D eigenvalue weighted by Crippen LogP contribution is 2.20. The molecule has 0 aromatic heterocycles. The highest BCUT2D eigenvalue weighted by atomic mass is 16.5. The van der Waals surface area contributed by atoms with Gasteiger partial charge in [-0.1, -0.05) is 6.92 Å². The Morgan fingerprint density at radius 2 is 2.50 bits per heavy atom. The van der Waals surface area contributed by atoms with E-state index in [1.165, 1.54) is 6.42 Å². The quantitative estimate of drug-likeness (QED) is 0.633. The Morgan fingerprint density at radius 1 is 1.70 bits per heavy atom. The fourth-order valence-corrected chi connectivity index (χ4v) is 1.49. The summed E-state index contributed by atoms with van der Waals surface area (Å²) in [6.07, 6.45) is 1.25. The van der Waals surface area contributed by atoms with E-state index in [9.17, 15) is 0 Å². The normalized spacial score (nSPS) is 28.8. The molecular weight excluding hydrogens is 126 g/mol. The van der Waals surface area contributed by atoms with Gasteiger partial charge in [0.25, 0.3) is 0 Å². The molecule has 1 aliphatic rings. The van der Waals surface area contributed by atoms with Crippen LogP contribution in [0.2, 0.25) is 0 Å². The van der Waals surface area contributed by atoms with Crippen LogP contribution in [0.4, 0.5) is 0 Å². The molecule has 1 saturated heterocycles. The summed E-state index contributed by atoms with van der Waals surface area (Å²) in [6, 6.07) is 0. The zero-order valence-corrected chi connectivity index (χ0v) is 6.89. The Kier molecular flexibility index (Phi) is 3.16. The molecule has 60 valence electrons. The first kappa shape index (κ1) is 8.02. The summed E-state index contributed by atoms with van der Waals surface area (Å²) < 4.78 is 5.30. The Balaban J connectivity index is 2.18. The van der Waals surface area contributed by atoms with Gasteiger partial charge >= 0.3 is 0 Å². The smallest absolute Gasteiger partial charge is 0.0498 e. The van der Waals surface area contributed by atoms with Crippen LogP contribution in [0.3, 0.4) is 0 Å². The molecule has 1 aliphatic heterocycles. The van der Waals surface area contributed by atoms with Gasteiger partial charge in [-0.3, -0.25) is 0 Å². The standard InChI is InChI=1S/C8H17NO/c1-7(5-9-2)8-3-4-10-6-8/h7-9H,3-6H2,1-2H3. The van der Waals surface area contributed by atoms with Crippen molar-refractivity contribution in [2.45, 2.75) is 13.3 Å². The summed E-state index contributed by atoms with van der Waals surface area (Å²) in [5, 5.41) is 3.19. The van der Waals surface area contributed by atoms with Gasteiger partial charge in [0.1, 0.15) is 0 Å². The van der Waals surface area contributed by atoms with Crippen LogP contribution in [0.15, 0.2) is 0 Å². The molecule has 1 heterocycles. The Labute approximate surface area is 63.0 Å². The van der Waals surface area contributed by atoms with Crippen LogP contribution in [-0.4, -0.2) is 26.8 Å². The van der Waals surface area contributed by atoms with Crippen LogP contribution < -0.4 is 5.32 Å². The third-order valence-electron chi connectivity index (χ3n) is 2.30. The van der Waals surface area contributed by atoms with Crippen molar-refractivity contribution in [1.82, 2.24) is 5.32 Å². The molecule has 0 amide bonds. The first-order valence-corrected chi connectivity index (χ1v) is 4.07. The Hall–Kier alpha value is -0.0800. The van der Waals surface area contributed by atoms with Crippen molar-refractivity contribution in [3.05, 3.63) is 0 Å². The molecule has 1 N–H and O–H groups in total. The van der Waals surface area contributed by atoms with Crippen molar-refractivity contribution < 1.29 is 4.74 Å². The molecule has 0 aliphatic carbocycles. The van der Waals surface area contributed by atoms with E-state index in [1.54, 1.807) is 0 Å². The lowest BCUT2D eigenvalue weighted by atomic mass is 9.94. The second kappa shape index (κ2) is 3.94. The average molecular weight is 143 g/mol. The minimum atomic E-state index is 0.771. The van der Waals surface area contributed by atoms with Crippen molar-refractivity contribution in [3.8, 4) is 0 Å². The van der Waals surface area contributed by atoms with Gasteiger partial charge in [0.05, 0.1) is 0 Å². The summed E-state index contributed by atoms with van der Waals surface area (Å²) in [7, 11) is 2.01. The molecule has 0 spiro atoms. The number of rotatable bonds is 3. The van der Waals surface area contributed by atoms with Gasteiger partial charge in [0.2, 0.25) is 0 Å². The lowest BCUT2D eigenvalue weighted by molar-refractivity contribution is 0.174. The molecule has 0 aromatic carbocycles. The third-order valence-corrected chi connectivity index (χ3v) is 2.30. The molecule has 0 radical (unpaired) electrons. The number of hydrogen-bond donors (Lipinski definition) is 1. The fraction of sp³-hybridized carbons (Fsp3) is 1.00. The third kappa shape index (κ3) is 1.96. The van der Waals surface area contributed by atoms with E-state index < -0.39 is 0 Å². The van der Waals surface area contributed by atoms with Gasteiger partial charge in [0, 0.05) is 13.2 Å². The van der Waals surface area contributed by atoms with Crippen molar-refractivity contribution in [2.24, 2.45) is 11.8 Å². The first-order chi connectivity index (χ1) is 4.84. The summed E-state index contributed by atoms with van der Waals surface area (Å²) in [5.74, 6) is 1.57. The van der Waals surface area contributed by atoms with Gasteiger partial charge < -0.3 is 10.1 Å². The van der Waals surface area contributed by atoms with Crippen molar-refractivity contribution in [1.29, 1.82) is 0 Å². The molecule has 0 saturated carbocycles. The lowest BCUT2D eigenvalue weighted by Gasteiger charge is -2.16. The van der Waals surface area contributed by atoms with E-state index in [2.05, 4.69) is 12.2 Å². The minimum Gasteiger partial charge on any atom is -0.381 e. The highest BCUT2D eigenvalue weighted by Gasteiger charge is 2.21. The highest BCUT2D eigenvalue weighted by molar-refractivity contribution is 4.71. The predicted molar refractivity (Wildman–Crippen MR) is 42.0 cm³/mol. The molecule has 2 nitrogen and oxygen atoms in total. The SMILES string of the molecule is CNCC(C)C1CCOC1. The second-order valence-corrected chi connectivity index (χ2v) is 3.16. The van der Waals surface area contributed by atoms with Crippen LogP contribution in [0.5, 0.6) is 0 Å². The summed E-state index contributed by atoms with van der Waals surface area (Å²) in [4.78, 5) is 0. The molecule has 2 heteroatoms. The van der Waals surface area contributed by atoms with E-state index in [1.807, 2.05) is 7.05 Å². The van der Waals surface area contributed by atoms with Gasteiger partial charge in [-0.05, 0) is 31.8 Å². The monoisotopic (exact) mass is 143 g/mol. The zero-order valence-electron chi connectivity index (χ0n) is 6.89. The second-order valence-electron chi connectivity index (χ2n) is 3.16. The van der Waals surface area contributed by atoms with Gasteiger partial charge in [-0.15, -0.1) is 0 Å². The van der Waals surface area contributed by atoms with Gasteiger partial charge in [0.15, 0.2) is 0 Å². The Morgan fingerprint density at radius 3 is 3.00 bits per heavy atom. The number of hydrogen-bond acceptors (Lipinski definition) is 2. The molecule has 2 unspecified atom stereocenters. The Bertz CT molecular complexity index is 89.3. The molecule has 10 heavy (non-hydrogen) atoms. The van der Waals surface area contributed by atoms with Crippen LogP contribution in [-0.2, 0) is 4.74 Å². The van der Waals surface area contributed by atoms with Gasteiger partial charge in [-0.2, -0.15) is 0 Å². The van der Waals surface area contributed by atoms with Gasteiger partial charge in [-0.25, -0.2) is 0 Å². The van der Waals surface area contributed by atoms with Crippen LogP contribution in [0, 0.1) is 11.8 Å². The van der Waals surface area contributed by atoms with Crippen molar-refractivity contribution in [3.63, 3.8) is 0 Å². The topological polar surface area (TPSA) is 21.3 Å². The van der Waals surface area contributed by atoms with Crippen LogP contribution in [0.1, 0.15) is 13.3 Å².